The van der Waals surface area contributed by atoms with Crippen molar-refractivity contribution in [1.29, 1.82) is 5.26 Å². The van der Waals surface area contributed by atoms with Crippen LogP contribution in [0, 0.1) is 11.3 Å². The zero-order chi connectivity index (χ0) is 9.26. The van der Waals surface area contributed by atoms with Gasteiger partial charge in [-0.3, -0.25) is 0 Å². The molecular weight excluding hydrogens is 182 g/mol. The Morgan fingerprint density at radius 3 is 3.08 bits per heavy atom. The maximum Gasteiger partial charge on any atom is 0.148 e. The lowest BCUT2D eigenvalue weighted by molar-refractivity contribution is 0.897. The largest absolute Gasteiger partial charge is 0.325 e. The molecule has 0 aromatic carbocycles. The normalized spacial score (nSPS) is 9.85. The summed E-state index contributed by atoms with van der Waals surface area (Å²) in [5, 5.41) is 10.9. The summed E-state index contributed by atoms with van der Waals surface area (Å²) in [5.74, 6) is 0. The van der Waals surface area contributed by atoms with Gasteiger partial charge in [-0.15, -0.1) is 11.3 Å². The molecule has 3 nitrogen and oxygen atoms in total. The summed E-state index contributed by atoms with van der Waals surface area (Å²) < 4.78 is 1.73. The minimum Gasteiger partial charge on any atom is -0.325 e. The van der Waals surface area contributed by atoms with E-state index in [0.717, 1.165) is 10.6 Å². The molecule has 0 radical (unpaired) electrons. The summed E-state index contributed by atoms with van der Waals surface area (Å²) in [6, 6.07) is 6.06. The molecule has 0 bridgehead atoms. The quantitative estimate of drug-likeness (QED) is 0.688. The van der Waals surface area contributed by atoms with Gasteiger partial charge in [-0.1, -0.05) is 6.07 Å². The molecule has 0 unspecified atom stereocenters. The molecule has 4 heteroatoms. The summed E-state index contributed by atoms with van der Waals surface area (Å²) in [7, 11) is 1.82. The van der Waals surface area contributed by atoms with Crippen LogP contribution in [0.2, 0.25) is 0 Å². The second-order valence-electron chi connectivity index (χ2n) is 2.64. The first-order valence-electron chi connectivity index (χ1n) is 3.78. The third kappa shape index (κ3) is 1.23. The zero-order valence-corrected chi connectivity index (χ0v) is 7.88. The molecule has 2 rings (SSSR count). The Bertz CT molecular complexity index is 448. The van der Waals surface area contributed by atoms with E-state index in [0.29, 0.717) is 5.69 Å². The highest BCUT2D eigenvalue weighted by Crippen LogP contribution is 2.25. The van der Waals surface area contributed by atoms with Gasteiger partial charge in [-0.05, 0) is 11.4 Å². The maximum absolute atomic E-state index is 8.88. The van der Waals surface area contributed by atoms with E-state index in [4.69, 9.17) is 5.26 Å². The molecule has 2 aromatic rings. The fourth-order valence-corrected chi connectivity index (χ4v) is 1.88. The number of aromatic nitrogens is 2. The van der Waals surface area contributed by atoms with Gasteiger partial charge in [0.05, 0.1) is 11.2 Å². The molecule has 0 saturated heterocycles. The standard InChI is InChI=1S/C9H7N3S/c1-12-6-11-9(7(12)5-10)8-3-2-4-13-8/h2-4,6H,1H3. The minimum absolute atomic E-state index is 0.613. The van der Waals surface area contributed by atoms with Gasteiger partial charge < -0.3 is 4.57 Å². The number of nitrogens with zero attached hydrogens (tertiary/aromatic N) is 3. The molecule has 0 N–H and O–H groups in total. The number of nitriles is 1. The SMILES string of the molecule is Cn1cnc(-c2cccs2)c1C#N. The van der Waals surface area contributed by atoms with Gasteiger partial charge in [0.15, 0.2) is 0 Å². The van der Waals surface area contributed by atoms with Crippen LogP contribution >= 0.6 is 11.3 Å². The van der Waals surface area contributed by atoms with Crippen molar-refractivity contribution in [2.75, 3.05) is 0 Å². The molecule has 2 heterocycles. The number of imidazole rings is 1. The van der Waals surface area contributed by atoms with Crippen LogP contribution in [-0.4, -0.2) is 9.55 Å². The van der Waals surface area contributed by atoms with E-state index in [9.17, 15) is 0 Å². The summed E-state index contributed by atoms with van der Waals surface area (Å²) in [6.07, 6.45) is 1.66. The second-order valence-corrected chi connectivity index (χ2v) is 3.59. The Morgan fingerprint density at radius 1 is 1.62 bits per heavy atom. The van der Waals surface area contributed by atoms with Crippen molar-refractivity contribution in [2.45, 2.75) is 0 Å². The minimum atomic E-state index is 0.613. The summed E-state index contributed by atoms with van der Waals surface area (Å²) >= 11 is 1.59. The average molecular weight is 189 g/mol. The van der Waals surface area contributed by atoms with Gasteiger partial charge in [0.1, 0.15) is 17.5 Å². The fourth-order valence-electron chi connectivity index (χ4n) is 1.16. The third-order valence-electron chi connectivity index (χ3n) is 1.80. The molecule has 0 fully saturated rings. The van der Waals surface area contributed by atoms with Gasteiger partial charge in [-0.25, -0.2) is 4.98 Å². The lowest BCUT2D eigenvalue weighted by Gasteiger charge is -1.92. The smallest absolute Gasteiger partial charge is 0.148 e. The number of rotatable bonds is 1. The van der Waals surface area contributed by atoms with Gasteiger partial charge in [0, 0.05) is 7.05 Å². The van der Waals surface area contributed by atoms with Gasteiger partial charge in [0.2, 0.25) is 0 Å². The Hall–Kier alpha value is -1.60. The van der Waals surface area contributed by atoms with E-state index >= 15 is 0 Å². The van der Waals surface area contributed by atoms with Crippen LogP contribution in [0.15, 0.2) is 23.8 Å². The topological polar surface area (TPSA) is 41.6 Å². The number of hydrogen-bond acceptors (Lipinski definition) is 3. The van der Waals surface area contributed by atoms with E-state index in [1.54, 1.807) is 22.2 Å². The molecule has 0 atom stereocenters. The first kappa shape index (κ1) is 8.02. The Kier molecular flexibility index (Phi) is 1.87. The predicted molar refractivity (Wildman–Crippen MR) is 51.2 cm³/mol. The van der Waals surface area contributed by atoms with Crippen molar-refractivity contribution in [3.63, 3.8) is 0 Å². The van der Waals surface area contributed by atoms with Crippen molar-refractivity contribution < 1.29 is 0 Å². The van der Waals surface area contributed by atoms with E-state index in [2.05, 4.69) is 11.1 Å². The van der Waals surface area contributed by atoms with Crippen LogP contribution < -0.4 is 0 Å². The Balaban J connectivity index is 2.60. The van der Waals surface area contributed by atoms with Crippen LogP contribution in [0.25, 0.3) is 10.6 Å². The van der Waals surface area contributed by atoms with Crippen LogP contribution in [-0.2, 0) is 7.05 Å². The van der Waals surface area contributed by atoms with Crippen molar-refractivity contribution in [3.8, 4) is 16.6 Å². The molecule has 0 saturated carbocycles. The maximum atomic E-state index is 8.88. The van der Waals surface area contributed by atoms with Crippen LogP contribution in [0.1, 0.15) is 5.69 Å². The monoisotopic (exact) mass is 189 g/mol. The zero-order valence-electron chi connectivity index (χ0n) is 7.06. The Labute approximate surface area is 79.9 Å². The van der Waals surface area contributed by atoms with Gasteiger partial charge in [-0.2, -0.15) is 5.26 Å². The molecule has 0 spiro atoms. The molecule has 2 aromatic heterocycles. The number of thiophene rings is 1. The third-order valence-corrected chi connectivity index (χ3v) is 2.67. The highest BCUT2D eigenvalue weighted by Gasteiger charge is 2.10. The summed E-state index contributed by atoms with van der Waals surface area (Å²) in [6.45, 7) is 0. The number of aryl methyl sites for hydroxylation is 1. The first-order valence-corrected chi connectivity index (χ1v) is 4.66. The molecule has 0 amide bonds. The molecule has 0 aliphatic rings. The molecular formula is C9H7N3S. The van der Waals surface area contributed by atoms with Crippen LogP contribution in [0.5, 0.6) is 0 Å². The molecule has 13 heavy (non-hydrogen) atoms. The second kappa shape index (κ2) is 3.04. The van der Waals surface area contributed by atoms with Crippen molar-refractivity contribution >= 4 is 11.3 Å². The summed E-state index contributed by atoms with van der Waals surface area (Å²) in [4.78, 5) is 5.22. The Morgan fingerprint density at radius 2 is 2.46 bits per heavy atom. The van der Waals surface area contributed by atoms with Crippen molar-refractivity contribution in [1.82, 2.24) is 9.55 Å². The lowest BCUT2D eigenvalue weighted by Crippen LogP contribution is -1.89. The van der Waals surface area contributed by atoms with Gasteiger partial charge in [0.25, 0.3) is 0 Å². The van der Waals surface area contributed by atoms with E-state index in [1.165, 1.54) is 0 Å². The van der Waals surface area contributed by atoms with E-state index in [-0.39, 0.29) is 0 Å². The van der Waals surface area contributed by atoms with Crippen LogP contribution in [0.3, 0.4) is 0 Å². The predicted octanol–water partition coefficient (Wildman–Crippen LogP) is 2.02. The summed E-state index contributed by atoms with van der Waals surface area (Å²) in [5.41, 5.74) is 1.39. The highest BCUT2D eigenvalue weighted by molar-refractivity contribution is 7.13. The van der Waals surface area contributed by atoms with E-state index in [1.807, 2.05) is 24.6 Å². The van der Waals surface area contributed by atoms with Gasteiger partial charge >= 0.3 is 0 Å². The number of hydrogen-bond donors (Lipinski definition) is 0. The first-order chi connectivity index (χ1) is 6.33. The molecule has 0 aliphatic carbocycles. The fraction of sp³-hybridized carbons (Fsp3) is 0.111. The van der Waals surface area contributed by atoms with Crippen LogP contribution in [0.4, 0.5) is 0 Å². The van der Waals surface area contributed by atoms with E-state index < -0.39 is 0 Å². The average Bonchev–Trinajstić information content (AvgIpc) is 2.71. The van der Waals surface area contributed by atoms with Crippen molar-refractivity contribution in [2.24, 2.45) is 7.05 Å². The lowest BCUT2D eigenvalue weighted by atomic mass is 10.3. The molecule has 64 valence electrons. The molecule has 0 aliphatic heterocycles. The van der Waals surface area contributed by atoms with Crippen molar-refractivity contribution in [3.05, 3.63) is 29.5 Å². The highest BCUT2D eigenvalue weighted by atomic mass is 32.1.